The Balaban J connectivity index is -0.000000390. The van der Waals surface area contributed by atoms with Gasteiger partial charge in [-0.1, -0.05) is 66.8 Å². The van der Waals surface area contributed by atoms with E-state index in [1.165, 1.54) is 84.1 Å². The average Bonchev–Trinajstić information content (AvgIpc) is 4.21. The van der Waals surface area contributed by atoms with E-state index in [4.69, 9.17) is 80.2 Å². The first-order chi connectivity index (χ1) is 35.2. The summed E-state index contributed by atoms with van der Waals surface area (Å²) >= 11 is 0. The molecule has 440 valence electrons. The molecule has 0 bridgehead atoms. The van der Waals surface area contributed by atoms with E-state index < -0.39 is 72.9 Å². The second-order valence-corrected chi connectivity index (χ2v) is 18.1. The molecule has 20 unspecified atom stereocenters. The Morgan fingerprint density at radius 2 is 0.842 bits per heavy atom. The SMILES string of the molecule is C/C=C\C(=O)C(O)C(C)O.C/C=C\C(=O)C1OC1C.C/C=C\C(O)C(O)C(C)O.C/C=C\C(O)C1OC1C.CC(=O)/C=C/C(O)C(C)O.CC(=O)/C=C/C1OC1C.CC(O)/C=C/C(O)C(C)O.CC(O)/C=C/C1OC1C. The van der Waals surface area contributed by atoms with Crippen LogP contribution in [0.25, 0.3) is 0 Å². The topological polar surface area (TPSA) is 361 Å². The number of hydrogen-bond donors (Lipinski definition) is 12. The fraction of sp³-hybridized carbons (Fsp3) is 0.643. The number of aliphatic hydroxyl groups is 12. The predicted octanol–water partition coefficient (Wildman–Crippen LogP) is 2.34. The summed E-state index contributed by atoms with van der Waals surface area (Å²) in [6.07, 6.45) is 16.4. The maximum absolute atomic E-state index is 10.8. The van der Waals surface area contributed by atoms with Gasteiger partial charge in [-0.05, 0) is 141 Å². The van der Waals surface area contributed by atoms with Crippen LogP contribution >= 0.6 is 0 Å². The fourth-order valence-electron chi connectivity index (χ4n) is 4.85. The molecular weight excluding hydrogens is 993 g/mol. The predicted molar refractivity (Wildman–Crippen MR) is 291 cm³/mol. The van der Waals surface area contributed by atoms with Crippen LogP contribution in [0.5, 0.6) is 0 Å². The van der Waals surface area contributed by atoms with Crippen LogP contribution in [0.4, 0.5) is 0 Å². The van der Waals surface area contributed by atoms with Crippen LogP contribution in [-0.2, 0) is 38.1 Å². The van der Waals surface area contributed by atoms with E-state index in [0.717, 1.165) is 0 Å². The number of ketones is 4. The molecule has 20 nitrogen and oxygen atoms in total. The second kappa shape index (κ2) is 44.9. The van der Waals surface area contributed by atoms with E-state index >= 15 is 0 Å². The first kappa shape index (κ1) is 78.5. The Morgan fingerprint density at radius 1 is 0.421 bits per heavy atom. The molecule has 4 rings (SSSR count). The second-order valence-electron chi connectivity index (χ2n) is 18.1. The molecule has 0 radical (unpaired) electrons. The number of aliphatic hydroxyl groups excluding tert-OH is 12. The Morgan fingerprint density at radius 3 is 1.16 bits per heavy atom. The van der Waals surface area contributed by atoms with Crippen LogP contribution in [0.15, 0.2) is 97.2 Å². The maximum Gasteiger partial charge on any atom is 0.186 e. The molecule has 4 heterocycles. The molecule has 0 amide bonds. The van der Waals surface area contributed by atoms with Crippen LogP contribution in [-0.4, -0.2) is 206 Å². The van der Waals surface area contributed by atoms with Crippen molar-refractivity contribution in [3.05, 3.63) is 97.2 Å². The highest BCUT2D eigenvalue weighted by atomic mass is 16.6. The van der Waals surface area contributed by atoms with Crippen LogP contribution in [0.1, 0.15) is 111 Å². The smallest absolute Gasteiger partial charge is 0.186 e. The Labute approximate surface area is 451 Å². The van der Waals surface area contributed by atoms with Gasteiger partial charge in [-0.3, -0.25) is 19.2 Å². The summed E-state index contributed by atoms with van der Waals surface area (Å²) in [5.41, 5.74) is 0. The summed E-state index contributed by atoms with van der Waals surface area (Å²) < 4.78 is 20.1. The molecule has 0 aromatic carbocycles. The van der Waals surface area contributed by atoms with Crippen LogP contribution < -0.4 is 0 Å². The lowest BCUT2D eigenvalue weighted by Gasteiger charge is -2.16. The van der Waals surface area contributed by atoms with E-state index in [-0.39, 0.29) is 60.1 Å². The van der Waals surface area contributed by atoms with Crippen molar-refractivity contribution in [1.29, 1.82) is 0 Å². The molecule has 0 spiro atoms. The quantitative estimate of drug-likeness (QED) is 0.0473. The van der Waals surface area contributed by atoms with Gasteiger partial charge in [-0.15, -0.1) is 0 Å². The van der Waals surface area contributed by atoms with Crippen molar-refractivity contribution < 1.29 is 99.4 Å². The van der Waals surface area contributed by atoms with Gasteiger partial charge in [0.25, 0.3) is 0 Å². The largest absolute Gasteiger partial charge is 0.391 e. The van der Waals surface area contributed by atoms with Crippen molar-refractivity contribution in [2.45, 2.75) is 233 Å². The van der Waals surface area contributed by atoms with Crippen molar-refractivity contribution in [3.8, 4) is 0 Å². The Bertz CT molecular complexity index is 1800. The minimum atomic E-state index is -1.28. The maximum atomic E-state index is 10.8. The number of epoxide rings is 4. The molecule has 4 fully saturated rings. The molecule has 4 aliphatic heterocycles. The van der Waals surface area contributed by atoms with Gasteiger partial charge in [0.1, 0.15) is 48.8 Å². The number of carbonyl (C=O) groups is 4. The van der Waals surface area contributed by atoms with E-state index in [9.17, 15) is 19.2 Å². The minimum absolute atomic E-state index is 0.0567. The molecule has 0 aliphatic carbocycles. The lowest BCUT2D eigenvalue weighted by Crippen LogP contribution is -2.33. The van der Waals surface area contributed by atoms with E-state index in [1.54, 1.807) is 70.2 Å². The Kier molecular flexibility index (Phi) is 46.3. The van der Waals surface area contributed by atoms with E-state index in [1.807, 2.05) is 53.7 Å². The van der Waals surface area contributed by atoms with Gasteiger partial charge in [-0.25, -0.2) is 0 Å². The van der Waals surface area contributed by atoms with E-state index in [2.05, 4.69) is 0 Å². The first-order valence-corrected chi connectivity index (χ1v) is 25.3. The molecule has 76 heavy (non-hydrogen) atoms. The number of hydrogen-bond acceptors (Lipinski definition) is 20. The molecule has 4 aliphatic rings. The number of allylic oxidation sites excluding steroid dienone is 6. The molecule has 0 saturated carbocycles. The van der Waals surface area contributed by atoms with Gasteiger partial charge >= 0.3 is 0 Å². The highest BCUT2D eigenvalue weighted by Gasteiger charge is 2.40. The first-order valence-electron chi connectivity index (χ1n) is 25.3. The number of ether oxygens (including phenoxy) is 4. The van der Waals surface area contributed by atoms with Crippen LogP contribution in [0, 0.1) is 0 Å². The number of rotatable bonds is 20. The van der Waals surface area contributed by atoms with Gasteiger partial charge in [0.05, 0.1) is 73.2 Å². The zero-order valence-corrected chi connectivity index (χ0v) is 47.4. The molecule has 20 heteroatoms. The van der Waals surface area contributed by atoms with Gasteiger partial charge in [0.15, 0.2) is 23.1 Å². The average molecular weight is 1090 g/mol. The zero-order valence-electron chi connectivity index (χ0n) is 47.4. The van der Waals surface area contributed by atoms with Crippen molar-refractivity contribution in [1.82, 2.24) is 0 Å². The van der Waals surface area contributed by atoms with Gasteiger partial charge < -0.3 is 80.2 Å². The minimum Gasteiger partial charge on any atom is -0.391 e. The van der Waals surface area contributed by atoms with Crippen molar-refractivity contribution in [2.24, 2.45) is 0 Å². The molecular formula is C56H96O20. The summed E-state index contributed by atoms with van der Waals surface area (Å²) in [6.45, 7) is 26.9. The van der Waals surface area contributed by atoms with Crippen molar-refractivity contribution >= 4 is 23.1 Å². The van der Waals surface area contributed by atoms with Crippen LogP contribution in [0.2, 0.25) is 0 Å². The monoisotopic (exact) mass is 1090 g/mol. The van der Waals surface area contributed by atoms with Crippen molar-refractivity contribution in [2.75, 3.05) is 0 Å². The van der Waals surface area contributed by atoms with Crippen LogP contribution in [0.3, 0.4) is 0 Å². The third-order valence-corrected chi connectivity index (χ3v) is 9.84. The lowest BCUT2D eigenvalue weighted by molar-refractivity contribution is -0.127. The van der Waals surface area contributed by atoms with E-state index in [0.29, 0.717) is 12.2 Å². The normalized spacial score (nSPS) is 26.7. The summed E-state index contributed by atoms with van der Waals surface area (Å²) in [4.78, 5) is 42.1. The standard InChI is InChI=1S/C7H14O3.C7H12O3.C7H14O3.C7H12O3.C7H12O2.C7H10O2.C7H12O2.C7H10O2/c2*1-5(8)3-4-7(10)6(2)9;2*1-3-4-6(9)7(10)5(2)8;2*1-5(8)3-4-7-6(2)9-7;2*1-3-4-6(8)7-5(2)9-7/h3-10H,1-2H3;3-4,6-7,9-10H,1-2H3;3-10H,1-2H3;3-5,7-8,10H,1-2H3;3-8H,1-2H3;3-4,6-7H,1-2H3;3-8H,1-2H3;3-5,7H,1-2H3/b2*4-3+;2*4-3-;2*4-3+;2*4-3-. The summed E-state index contributed by atoms with van der Waals surface area (Å²) in [5.74, 6) is -0.431. The highest BCUT2D eigenvalue weighted by Crippen LogP contribution is 2.25. The molecule has 4 saturated heterocycles. The Hall–Kier alpha value is -4.04. The van der Waals surface area contributed by atoms with Gasteiger partial charge in [-0.2, -0.15) is 0 Å². The number of carbonyl (C=O) groups excluding carboxylic acids is 4. The molecule has 12 N–H and O–H groups in total. The zero-order chi connectivity index (χ0) is 60.0. The summed E-state index contributed by atoms with van der Waals surface area (Å²) in [6, 6.07) is 0. The van der Waals surface area contributed by atoms with Gasteiger partial charge in [0, 0.05) is 0 Å². The third kappa shape index (κ3) is 47.2. The molecule has 20 atom stereocenters. The third-order valence-electron chi connectivity index (χ3n) is 9.84. The summed E-state index contributed by atoms with van der Waals surface area (Å²) in [7, 11) is 0. The lowest BCUT2D eigenvalue weighted by atomic mass is 10.1. The molecule has 0 aromatic rings. The fourth-order valence-corrected chi connectivity index (χ4v) is 4.85. The van der Waals surface area contributed by atoms with Crippen molar-refractivity contribution in [3.63, 3.8) is 0 Å². The summed E-state index contributed by atoms with van der Waals surface area (Å²) in [5, 5.41) is 106. The van der Waals surface area contributed by atoms with Gasteiger partial charge in [0.2, 0.25) is 0 Å². The highest BCUT2D eigenvalue weighted by molar-refractivity contribution is 5.95. The molecule has 0 aromatic heterocycles.